The van der Waals surface area contributed by atoms with Crippen molar-refractivity contribution in [1.29, 1.82) is 0 Å². The molecular weight excluding hydrogens is 372 g/mol. The van der Waals surface area contributed by atoms with Gasteiger partial charge < -0.3 is 10.6 Å². The highest BCUT2D eigenvalue weighted by atomic mass is 32.2. The Morgan fingerprint density at radius 2 is 1.85 bits per heavy atom. The maximum atomic E-state index is 12.5. The molecule has 1 amide bonds. The molecule has 1 fully saturated rings. The minimum atomic E-state index is -3.99. The number of carbonyl (C=O) groups is 1. The number of nitro groups is 1. The Kier molecular flexibility index (Phi) is 5.26. The molecule has 0 atom stereocenters. The SMILES string of the molecule is O=C(CNc1ccc(S(=O)(=O)Nc2ccccc2)cc1[N+](=O)[O-])NC1CC1. The molecule has 3 N–H and O–H groups in total. The van der Waals surface area contributed by atoms with Gasteiger partial charge in [-0.25, -0.2) is 8.42 Å². The molecule has 10 heteroatoms. The molecule has 0 aliphatic heterocycles. The second kappa shape index (κ2) is 7.62. The van der Waals surface area contributed by atoms with Gasteiger partial charge in [0.25, 0.3) is 15.7 Å². The molecule has 0 unspecified atom stereocenters. The molecule has 0 heterocycles. The summed E-state index contributed by atoms with van der Waals surface area (Å²) in [6.45, 7) is -0.133. The molecule has 2 aromatic carbocycles. The topological polar surface area (TPSA) is 130 Å². The minimum absolute atomic E-state index is 0.0737. The zero-order valence-electron chi connectivity index (χ0n) is 14.2. The van der Waals surface area contributed by atoms with Gasteiger partial charge in [-0.3, -0.25) is 19.6 Å². The second-order valence-corrected chi connectivity index (χ2v) is 7.79. The van der Waals surface area contributed by atoms with E-state index in [9.17, 15) is 23.3 Å². The fourth-order valence-electron chi connectivity index (χ4n) is 2.38. The zero-order valence-corrected chi connectivity index (χ0v) is 15.0. The number of rotatable bonds is 8. The van der Waals surface area contributed by atoms with E-state index in [1.807, 2.05) is 0 Å². The van der Waals surface area contributed by atoms with Crippen molar-refractivity contribution in [2.45, 2.75) is 23.8 Å². The van der Waals surface area contributed by atoms with Crippen LogP contribution in [0.5, 0.6) is 0 Å². The molecule has 0 bridgehead atoms. The first-order valence-electron chi connectivity index (χ1n) is 8.25. The lowest BCUT2D eigenvalue weighted by Crippen LogP contribution is -2.31. The summed E-state index contributed by atoms with van der Waals surface area (Å²) in [7, 11) is -3.99. The molecule has 0 spiro atoms. The molecule has 0 saturated heterocycles. The lowest BCUT2D eigenvalue weighted by atomic mass is 10.2. The van der Waals surface area contributed by atoms with E-state index in [1.165, 1.54) is 12.1 Å². The Bertz CT molecular complexity index is 959. The molecule has 142 valence electrons. The number of hydrogen-bond donors (Lipinski definition) is 3. The third-order valence-electron chi connectivity index (χ3n) is 3.88. The van der Waals surface area contributed by atoms with Crippen molar-refractivity contribution in [1.82, 2.24) is 5.32 Å². The van der Waals surface area contributed by atoms with Crippen LogP contribution in [-0.4, -0.2) is 31.8 Å². The maximum absolute atomic E-state index is 12.5. The van der Waals surface area contributed by atoms with Crippen LogP contribution in [0.4, 0.5) is 17.1 Å². The maximum Gasteiger partial charge on any atom is 0.293 e. The van der Waals surface area contributed by atoms with E-state index in [0.29, 0.717) is 5.69 Å². The fourth-order valence-corrected chi connectivity index (χ4v) is 3.46. The highest BCUT2D eigenvalue weighted by Crippen LogP contribution is 2.28. The van der Waals surface area contributed by atoms with E-state index < -0.39 is 20.6 Å². The Balaban J connectivity index is 1.77. The average molecular weight is 390 g/mol. The largest absolute Gasteiger partial charge is 0.371 e. The molecule has 9 nitrogen and oxygen atoms in total. The highest BCUT2D eigenvalue weighted by molar-refractivity contribution is 7.92. The molecule has 3 rings (SSSR count). The summed E-state index contributed by atoms with van der Waals surface area (Å²) in [5, 5.41) is 16.8. The number of anilines is 2. The highest BCUT2D eigenvalue weighted by Gasteiger charge is 2.24. The lowest BCUT2D eigenvalue weighted by Gasteiger charge is -2.11. The van der Waals surface area contributed by atoms with Gasteiger partial charge in [-0.1, -0.05) is 18.2 Å². The predicted molar refractivity (Wildman–Crippen MR) is 100 cm³/mol. The summed E-state index contributed by atoms with van der Waals surface area (Å²) in [6, 6.07) is 11.9. The zero-order chi connectivity index (χ0) is 19.4. The first-order valence-corrected chi connectivity index (χ1v) is 9.73. The van der Waals surface area contributed by atoms with Crippen molar-refractivity contribution in [3.05, 3.63) is 58.6 Å². The molecule has 27 heavy (non-hydrogen) atoms. The second-order valence-electron chi connectivity index (χ2n) is 6.10. The first kappa shape index (κ1) is 18.6. The predicted octanol–water partition coefficient (Wildman–Crippen LogP) is 2.09. The summed E-state index contributed by atoms with van der Waals surface area (Å²) < 4.78 is 27.3. The summed E-state index contributed by atoms with van der Waals surface area (Å²) >= 11 is 0. The van der Waals surface area contributed by atoms with Crippen molar-refractivity contribution in [3.8, 4) is 0 Å². The van der Waals surface area contributed by atoms with Gasteiger partial charge in [0, 0.05) is 17.8 Å². The van der Waals surface area contributed by atoms with Gasteiger partial charge in [0.1, 0.15) is 5.69 Å². The summed E-state index contributed by atoms with van der Waals surface area (Å²) in [5.41, 5.74) is -0.00568. The fraction of sp³-hybridized carbons (Fsp3) is 0.235. The van der Waals surface area contributed by atoms with Crippen LogP contribution in [0.2, 0.25) is 0 Å². The van der Waals surface area contributed by atoms with Crippen molar-refractivity contribution < 1.29 is 18.1 Å². The van der Waals surface area contributed by atoms with E-state index in [1.54, 1.807) is 30.3 Å². The first-order chi connectivity index (χ1) is 12.8. The van der Waals surface area contributed by atoms with Crippen molar-refractivity contribution in [2.75, 3.05) is 16.6 Å². The Morgan fingerprint density at radius 1 is 1.15 bits per heavy atom. The number of hydrogen-bond acceptors (Lipinski definition) is 6. The number of nitrogens with zero attached hydrogens (tertiary/aromatic N) is 1. The Morgan fingerprint density at radius 3 is 2.48 bits per heavy atom. The number of para-hydroxylation sites is 1. The Labute approximate surface area is 156 Å². The van der Waals surface area contributed by atoms with Crippen LogP contribution in [0.1, 0.15) is 12.8 Å². The van der Waals surface area contributed by atoms with Crippen LogP contribution < -0.4 is 15.4 Å². The van der Waals surface area contributed by atoms with Gasteiger partial charge in [-0.15, -0.1) is 0 Å². The molecule has 2 aromatic rings. The van der Waals surface area contributed by atoms with E-state index >= 15 is 0 Å². The van der Waals surface area contributed by atoms with Crippen molar-refractivity contribution in [2.24, 2.45) is 0 Å². The number of sulfonamides is 1. The summed E-state index contributed by atoms with van der Waals surface area (Å²) in [5.74, 6) is -0.269. The third kappa shape index (κ3) is 4.94. The molecule has 1 saturated carbocycles. The summed E-state index contributed by atoms with van der Waals surface area (Å²) in [6.07, 6.45) is 1.87. The molecular formula is C17H18N4O5S. The minimum Gasteiger partial charge on any atom is -0.371 e. The molecule has 0 radical (unpaired) electrons. The van der Waals surface area contributed by atoms with E-state index in [2.05, 4.69) is 15.4 Å². The van der Waals surface area contributed by atoms with Crippen molar-refractivity contribution >= 4 is 33.0 Å². The van der Waals surface area contributed by atoms with E-state index in [-0.39, 0.29) is 29.1 Å². The number of nitrogens with one attached hydrogen (secondary N) is 3. The average Bonchev–Trinajstić information content (AvgIpc) is 3.44. The van der Waals surface area contributed by atoms with Crippen LogP contribution >= 0.6 is 0 Å². The van der Waals surface area contributed by atoms with Gasteiger partial charge in [0.2, 0.25) is 5.91 Å². The molecule has 0 aromatic heterocycles. The van der Waals surface area contributed by atoms with E-state index in [4.69, 9.17) is 0 Å². The van der Waals surface area contributed by atoms with Gasteiger partial charge >= 0.3 is 0 Å². The van der Waals surface area contributed by atoms with Crippen molar-refractivity contribution in [3.63, 3.8) is 0 Å². The van der Waals surface area contributed by atoms with Gasteiger partial charge in [0.15, 0.2) is 0 Å². The standard InChI is InChI=1S/C17H18N4O5S/c22-17(19-12-6-7-12)11-18-15-9-8-14(10-16(15)21(23)24)27(25,26)20-13-4-2-1-3-5-13/h1-5,8-10,12,18,20H,6-7,11H2,(H,19,22). The molecule has 1 aliphatic rings. The Hall–Kier alpha value is -3.14. The number of carbonyl (C=O) groups excluding carboxylic acids is 1. The van der Waals surface area contributed by atoms with Crippen LogP contribution in [0, 0.1) is 10.1 Å². The van der Waals surface area contributed by atoms with Gasteiger partial charge in [-0.05, 0) is 37.1 Å². The normalized spacial score (nSPS) is 13.6. The van der Waals surface area contributed by atoms with Crippen LogP contribution in [0.15, 0.2) is 53.4 Å². The van der Waals surface area contributed by atoms with Gasteiger partial charge in [0.05, 0.1) is 16.4 Å². The van der Waals surface area contributed by atoms with Gasteiger partial charge in [-0.2, -0.15) is 0 Å². The molecule has 1 aliphatic carbocycles. The van der Waals surface area contributed by atoms with Crippen LogP contribution in [0.25, 0.3) is 0 Å². The summed E-state index contributed by atoms with van der Waals surface area (Å²) in [4.78, 5) is 22.1. The number of benzene rings is 2. The lowest BCUT2D eigenvalue weighted by molar-refractivity contribution is -0.384. The number of nitro benzene ring substituents is 1. The third-order valence-corrected chi connectivity index (χ3v) is 5.26. The number of amides is 1. The smallest absolute Gasteiger partial charge is 0.293 e. The quantitative estimate of drug-likeness (QED) is 0.467. The van der Waals surface area contributed by atoms with Crippen LogP contribution in [-0.2, 0) is 14.8 Å². The monoisotopic (exact) mass is 390 g/mol. The van der Waals surface area contributed by atoms with Crippen LogP contribution in [0.3, 0.4) is 0 Å². The van der Waals surface area contributed by atoms with E-state index in [0.717, 1.165) is 18.9 Å².